The third kappa shape index (κ3) is 4.25. The predicted octanol–water partition coefficient (Wildman–Crippen LogP) is 3.44. The summed E-state index contributed by atoms with van der Waals surface area (Å²) in [6, 6.07) is 15.5. The number of piperidine rings is 1. The van der Waals surface area contributed by atoms with Gasteiger partial charge in [-0.3, -0.25) is 4.79 Å². The summed E-state index contributed by atoms with van der Waals surface area (Å²) in [5, 5.41) is 2.95. The molecule has 1 saturated heterocycles. The highest BCUT2D eigenvalue weighted by molar-refractivity contribution is 5.92. The van der Waals surface area contributed by atoms with Crippen LogP contribution in [-0.4, -0.2) is 19.0 Å². The van der Waals surface area contributed by atoms with E-state index in [1.165, 1.54) is 24.9 Å². The maximum atomic E-state index is 12.1. The van der Waals surface area contributed by atoms with E-state index >= 15 is 0 Å². The zero-order valence-corrected chi connectivity index (χ0v) is 13.3. The van der Waals surface area contributed by atoms with E-state index < -0.39 is 0 Å². The Morgan fingerprint density at radius 2 is 1.61 bits per heavy atom. The average Bonchev–Trinajstić information content (AvgIpc) is 2.58. The van der Waals surface area contributed by atoms with Crippen LogP contribution in [0.1, 0.15) is 24.8 Å². The van der Waals surface area contributed by atoms with Crippen molar-refractivity contribution in [3.8, 4) is 0 Å². The number of nitrogen functional groups attached to an aromatic ring is 1. The van der Waals surface area contributed by atoms with Gasteiger partial charge in [-0.1, -0.05) is 12.1 Å². The lowest BCUT2D eigenvalue weighted by Crippen LogP contribution is -2.29. The molecule has 0 radical (unpaired) electrons. The van der Waals surface area contributed by atoms with Crippen molar-refractivity contribution < 1.29 is 4.79 Å². The lowest BCUT2D eigenvalue weighted by atomic mass is 10.1. The number of hydrogen-bond donors (Lipinski definition) is 2. The summed E-state index contributed by atoms with van der Waals surface area (Å²) in [4.78, 5) is 14.5. The molecule has 3 N–H and O–H groups in total. The van der Waals surface area contributed by atoms with E-state index in [4.69, 9.17) is 5.73 Å². The Bertz CT molecular complexity index is 643. The number of nitrogens with two attached hydrogens (primary N) is 1. The van der Waals surface area contributed by atoms with Crippen LogP contribution in [-0.2, 0) is 11.2 Å². The summed E-state index contributed by atoms with van der Waals surface area (Å²) in [6.07, 6.45) is 4.21. The van der Waals surface area contributed by atoms with E-state index in [1.807, 2.05) is 36.4 Å². The molecular weight excluding hydrogens is 286 g/mol. The molecule has 1 aliphatic heterocycles. The summed E-state index contributed by atoms with van der Waals surface area (Å²) < 4.78 is 0. The van der Waals surface area contributed by atoms with Crippen LogP contribution in [0.5, 0.6) is 0 Å². The fourth-order valence-corrected chi connectivity index (χ4v) is 2.93. The minimum Gasteiger partial charge on any atom is -0.399 e. The molecule has 0 aliphatic carbocycles. The van der Waals surface area contributed by atoms with Crippen molar-refractivity contribution in [2.24, 2.45) is 0 Å². The molecule has 4 nitrogen and oxygen atoms in total. The number of anilines is 3. The first-order valence-electron chi connectivity index (χ1n) is 8.20. The molecule has 3 rings (SSSR count). The van der Waals surface area contributed by atoms with Crippen LogP contribution in [0.2, 0.25) is 0 Å². The third-order valence-electron chi connectivity index (χ3n) is 4.22. The molecule has 0 unspecified atom stereocenters. The van der Waals surface area contributed by atoms with Crippen molar-refractivity contribution in [3.05, 3.63) is 54.1 Å². The van der Waals surface area contributed by atoms with Gasteiger partial charge < -0.3 is 16.0 Å². The topological polar surface area (TPSA) is 58.4 Å². The fourth-order valence-electron chi connectivity index (χ4n) is 2.93. The SMILES string of the molecule is Nc1ccc(CC(=O)Nc2ccc(N3CCCCC3)cc2)cc1. The van der Waals surface area contributed by atoms with Gasteiger partial charge in [0.1, 0.15) is 0 Å². The van der Waals surface area contributed by atoms with Crippen molar-refractivity contribution in [1.29, 1.82) is 0 Å². The quantitative estimate of drug-likeness (QED) is 0.851. The van der Waals surface area contributed by atoms with Crippen molar-refractivity contribution in [3.63, 3.8) is 0 Å². The van der Waals surface area contributed by atoms with Gasteiger partial charge in [0.25, 0.3) is 0 Å². The first kappa shape index (κ1) is 15.4. The lowest BCUT2D eigenvalue weighted by molar-refractivity contribution is -0.115. The van der Waals surface area contributed by atoms with Crippen molar-refractivity contribution in [2.75, 3.05) is 29.0 Å². The Labute approximate surface area is 137 Å². The first-order valence-corrected chi connectivity index (χ1v) is 8.20. The second-order valence-electron chi connectivity index (χ2n) is 6.06. The predicted molar refractivity (Wildman–Crippen MR) is 95.7 cm³/mol. The monoisotopic (exact) mass is 309 g/mol. The van der Waals surface area contributed by atoms with E-state index in [-0.39, 0.29) is 5.91 Å². The molecule has 0 bridgehead atoms. The van der Waals surface area contributed by atoms with Gasteiger partial charge in [-0.05, 0) is 61.2 Å². The highest BCUT2D eigenvalue weighted by Crippen LogP contribution is 2.21. The molecular formula is C19H23N3O. The Balaban J connectivity index is 1.57. The molecule has 1 fully saturated rings. The van der Waals surface area contributed by atoms with Crippen LogP contribution in [0.3, 0.4) is 0 Å². The van der Waals surface area contributed by atoms with E-state index in [1.54, 1.807) is 0 Å². The second kappa shape index (κ2) is 7.18. The highest BCUT2D eigenvalue weighted by atomic mass is 16.1. The maximum absolute atomic E-state index is 12.1. The summed E-state index contributed by atoms with van der Waals surface area (Å²) in [6.45, 7) is 2.26. The molecule has 0 aromatic heterocycles. The number of nitrogens with one attached hydrogen (secondary N) is 1. The number of amides is 1. The van der Waals surface area contributed by atoms with Crippen LogP contribution < -0.4 is 16.0 Å². The molecule has 4 heteroatoms. The Morgan fingerprint density at radius 1 is 0.957 bits per heavy atom. The lowest BCUT2D eigenvalue weighted by Gasteiger charge is -2.28. The van der Waals surface area contributed by atoms with Gasteiger partial charge >= 0.3 is 0 Å². The zero-order chi connectivity index (χ0) is 16.1. The fraction of sp³-hybridized carbons (Fsp3) is 0.316. The molecule has 2 aromatic rings. The van der Waals surface area contributed by atoms with Crippen molar-refractivity contribution >= 4 is 23.0 Å². The van der Waals surface area contributed by atoms with Crippen molar-refractivity contribution in [2.45, 2.75) is 25.7 Å². The molecule has 1 aliphatic rings. The van der Waals surface area contributed by atoms with Gasteiger partial charge in [0.2, 0.25) is 5.91 Å². The summed E-state index contributed by atoms with van der Waals surface area (Å²) in [7, 11) is 0. The van der Waals surface area contributed by atoms with Crippen LogP contribution in [0, 0.1) is 0 Å². The van der Waals surface area contributed by atoms with Gasteiger partial charge in [-0.25, -0.2) is 0 Å². The molecule has 1 heterocycles. The highest BCUT2D eigenvalue weighted by Gasteiger charge is 2.11. The first-order chi connectivity index (χ1) is 11.2. The number of rotatable bonds is 4. The van der Waals surface area contributed by atoms with Crippen LogP contribution in [0.15, 0.2) is 48.5 Å². The van der Waals surface area contributed by atoms with Gasteiger partial charge in [0.05, 0.1) is 6.42 Å². The third-order valence-corrected chi connectivity index (χ3v) is 4.22. The summed E-state index contributed by atoms with van der Waals surface area (Å²) in [5.74, 6) is -0.0134. The largest absolute Gasteiger partial charge is 0.399 e. The smallest absolute Gasteiger partial charge is 0.228 e. The number of benzene rings is 2. The second-order valence-corrected chi connectivity index (χ2v) is 6.06. The molecule has 0 spiro atoms. The van der Waals surface area contributed by atoms with E-state index in [9.17, 15) is 4.79 Å². The minimum atomic E-state index is -0.0134. The molecule has 2 aromatic carbocycles. The Kier molecular flexibility index (Phi) is 4.81. The normalized spacial score (nSPS) is 14.5. The van der Waals surface area contributed by atoms with E-state index in [0.29, 0.717) is 12.1 Å². The Hall–Kier alpha value is -2.49. The number of carbonyl (C=O) groups excluding carboxylic acids is 1. The zero-order valence-electron chi connectivity index (χ0n) is 13.3. The van der Waals surface area contributed by atoms with Gasteiger partial charge in [0, 0.05) is 30.2 Å². The van der Waals surface area contributed by atoms with E-state index in [2.05, 4.69) is 22.3 Å². The molecule has 1 amide bonds. The van der Waals surface area contributed by atoms with Gasteiger partial charge in [-0.2, -0.15) is 0 Å². The molecule has 23 heavy (non-hydrogen) atoms. The minimum absolute atomic E-state index is 0.0134. The number of carbonyl (C=O) groups is 1. The molecule has 0 atom stereocenters. The van der Waals surface area contributed by atoms with Crippen molar-refractivity contribution in [1.82, 2.24) is 0 Å². The van der Waals surface area contributed by atoms with Crippen LogP contribution >= 0.6 is 0 Å². The van der Waals surface area contributed by atoms with Crippen LogP contribution in [0.25, 0.3) is 0 Å². The number of nitrogens with zero attached hydrogens (tertiary/aromatic N) is 1. The summed E-state index contributed by atoms with van der Waals surface area (Å²) in [5.41, 5.74) is 9.40. The number of hydrogen-bond acceptors (Lipinski definition) is 3. The van der Waals surface area contributed by atoms with Gasteiger partial charge in [0.15, 0.2) is 0 Å². The van der Waals surface area contributed by atoms with Gasteiger partial charge in [-0.15, -0.1) is 0 Å². The average molecular weight is 309 g/mol. The Morgan fingerprint density at radius 3 is 2.26 bits per heavy atom. The van der Waals surface area contributed by atoms with Crippen LogP contribution in [0.4, 0.5) is 17.1 Å². The maximum Gasteiger partial charge on any atom is 0.228 e. The molecule has 120 valence electrons. The van der Waals surface area contributed by atoms with E-state index in [0.717, 1.165) is 24.3 Å². The standard InChI is InChI=1S/C19H23N3O/c20-16-6-4-15(5-7-16)14-19(23)21-17-8-10-18(11-9-17)22-12-2-1-3-13-22/h4-11H,1-3,12-14,20H2,(H,21,23). The summed E-state index contributed by atoms with van der Waals surface area (Å²) >= 11 is 0. The molecule has 0 saturated carbocycles.